The van der Waals surface area contributed by atoms with Gasteiger partial charge < -0.3 is 14.8 Å². The van der Waals surface area contributed by atoms with Crippen LogP contribution in [-0.4, -0.2) is 25.9 Å². The molecule has 1 heterocycles. The first-order valence-corrected chi connectivity index (χ1v) is 7.71. The molecule has 3 heteroatoms. The molecule has 1 aromatic rings. The molecular formula is C17H25NO2. The fourth-order valence-corrected chi connectivity index (χ4v) is 3.28. The molecule has 3 rings (SSSR count). The summed E-state index contributed by atoms with van der Waals surface area (Å²) in [4.78, 5) is 0. The molecule has 0 radical (unpaired) electrons. The van der Waals surface area contributed by atoms with Gasteiger partial charge >= 0.3 is 0 Å². The second-order valence-electron chi connectivity index (χ2n) is 6.20. The molecule has 0 bridgehead atoms. The predicted octanol–water partition coefficient (Wildman–Crippen LogP) is 3.22. The highest BCUT2D eigenvalue weighted by Crippen LogP contribution is 2.39. The Morgan fingerprint density at radius 1 is 1.30 bits per heavy atom. The standard InChI is InChI=1S/C17H25NO2/c1-11-4-7-16(19-3)14(10-11)12(2)18-15-8-9-20-17(15)13-5-6-13/h4,7,10,12-13,15,17-18H,5-6,8-9H2,1-3H3. The van der Waals surface area contributed by atoms with E-state index in [2.05, 4.69) is 37.4 Å². The van der Waals surface area contributed by atoms with Crippen LogP contribution in [0.3, 0.4) is 0 Å². The molecule has 0 amide bonds. The van der Waals surface area contributed by atoms with Crippen molar-refractivity contribution in [1.82, 2.24) is 5.32 Å². The van der Waals surface area contributed by atoms with E-state index < -0.39 is 0 Å². The van der Waals surface area contributed by atoms with E-state index in [0.29, 0.717) is 12.1 Å². The van der Waals surface area contributed by atoms with Crippen LogP contribution in [0.4, 0.5) is 0 Å². The van der Waals surface area contributed by atoms with Gasteiger partial charge in [-0.05, 0) is 45.1 Å². The zero-order valence-corrected chi connectivity index (χ0v) is 12.7. The average Bonchev–Trinajstić information content (AvgIpc) is 3.19. The Morgan fingerprint density at radius 3 is 2.80 bits per heavy atom. The van der Waals surface area contributed by atoms with Gasteiger partial charge in [0.25, 0.3) is 0 Å². The molecular weight excluding hydrogens is 250 g/mol. The third kappa shape index (κ3) is 2.84. The molecule has 3 atom stereocenters. The van der Waals surface area contributed by atoms with Crippen molar-refractivity contribution < 1.29 is 9.47 Å². The number of benzene rings is 1. The number of ether oxygens (including phenoxy) is 2. The molecule has 3 unspecified atom stereocenters. The zero-order chi connectivity index (χ0) is 14.1. The second-order valence-corrected chi connectivity index (χ2v) is 6.20. The minimum atomic E-state index is 0.290. The maximum Gasteiger partial charge on any atom is 0.123 e. The second kappa shape index (κ2) is 5.74. The predicted molar refractivity (Wildman–Crippen MR) is 80.2 cm³/mol. The summed E-state index contributed by atoms with van der Waals surface area (Å²) in [7, 11) is 1.74. The van der Waals surface area contributed by atoms with Crippen molar-refractivity contribution in [3.63, 3.8) is 0 Å². The van der Waals surface area contributed by atoms with Gasteiger partial charge in [0.05, 0.1) is 13.2 Å². The minimum absolute atomic E-state index is 0.290. The Bertz CT molecular complexity index is 470. The van der Waals surface area contributed by atoms with E-state index in [0.717, 1.165) is 24.7 Å². The van der Waals surface area contributed by atoms with Gasteiger partial charge in [-0.1, -0.05) is 17.7 Å². The average molecular weight is 275 g/mol. The van der Waals surface area contributed by atoms with Crippen LogP contribution >= 0.6 is 0 Å². The monoisotopic (exact) mass is 275 g/mol. The van der Waals surface area contributed by atoms with Crippen molar-refractivity contribution in [3.8, 4) is 5.75 Å². The summed E-state index contributed by atoms with van der Waals surface area (Å²) in [6, 6.07) is 7.16. The molecule has 1 aliphatic heterocycles. The molecule has 0 aromatic heterocycles. The van der Waals surface area contributed by atoms with E-state index in [1.807, 2.05) is 0 Å². The van der Waals surface area contributed by atoms with Crippen LogP contribution in [-0.2, 0) is 4.74 Å². The van der Waals surface area contributed by atoms with Gasteiger partial charge in [0.2, 0.25) is 0 Å². The number of rotatable bonds is 5. The number of aryl methyl sites for hydroxylation is 1. The van der Waals surface area contributed by atoms with Crippen LogP contribution in [0.1, 0.15) is 43.4 Å². The molecule has 1 saturated heterocycles. The van der Waals surface area contributed by atoms with Gasteiger partial charge in [0.15, 0.2) is 0 Å². The van der Waals surface area contributed by atoms with Crippen molar-refractivity contribution in [3.05, 3.63) is 29.3 Å². The number of nitrogens with one attached hydrogen (secondary N) is 1. The Morgan fingerprint density at radius 2 is 2.10 bits per heavy atom. The summed E-state index contributed by atoms with van der Waals surface area (Å²) in [5.74, 6) is 1.76. The van der Waals surface area contributed by atoms with Crippen molar-refractivity contribution in [2.45, 2.75) is 51.3 Å². The number of hydrogen-bond acceptors (Lipinski definition) is 3. The summed E-state index contributed by atoms with van der Waals surface area (Å²) in [6.07, 6.45) is 4.23. The fourth-order valence-electron chi connectivity index (χ4n) is 3.28. The third-order valence-corrected chi connectivity index (χ3v) is 4.54. The van der Waals surface area contributed by atoms with Crippen LogP contribution in [0.15, 0.2) is 18.2 Å². The smallest absolute Gasteiger partial charge is 0.123 e. The molecule has 1 saturated carbocycles. The lowest BCUT2D eigenvalue weighted by Gasteiger charge is -2.25. The molecule has 0 spiro atoms. The minimum Gasteiger partial charge on any atom is -0.496 e. The maximum absolute atomic E-state index is 5.91. The SMILES string of the molecule is COc1ccc(C)cc1C(C)NC1CCOC1C1CC1. The largest absolute Gasteiger partial charge is 0.496 e. The Kier molecular flexibility index (Phi) is 3.99. The quantitative estimate of drug-likeness (QED) is 0.895. The van der Waals surface area contributed by atoms with Gasteiger partial charge in [-0.25, -0.2) is 0 Å². The van der Waals surface area contributed by atoms with Crippen LogP contribution in [0.5, 0.6) is 5.75 Å². The van der Waals surface area contributed by atoms with Gasteiger partial charge in [-0.2, -0.15) is 0 Å². The molecule has 1 aromatic carbocycles. The normalized spacial score (nSPS) is 27.6. The summed E-state index contributed by atoms with van der Waals surface area (Å²) in [6.45, 7) is 5.25. The van der Waals surface area contributed by atoms with E-state index >= 15 is 0 Å². The van der Waals surface area contributed by atoms with E-state index in [1.54, 1.807) is 7.11 Å². The van der Waals surface area contributed by atoms with Gasteiger partial charge in [-0.15, -0.1) is 0 Å². The van der Waals surface area contributed by atoms with E-state index in [4.69, 9.17) is 9.47 Å². The lowest BCUT2D eigenvalue weighted by Crippen LogP contribution is -2.39. The van der Waals surface area contributed by atoms with E-state index in [9.17, 15) is 0 Å². The topological polar surface area (TPSA) is 30.5 Å². The first kappa shape index (κ1) is 13.9. The van der Waals surface area contributed by atoms with Crippen molar-refractivity contribution in [1.29, 1.82) is 0 Å². The molecule has 110 valence electrons. The summed E-state index contributed by atoms with van der Waals surface area (Å²) >= 11 is 0. The molecule has 1 N–H and O–H groups in total. The first-order valence-electron chi connectivity index (χ1n) is 7.71. The lowest BCUT2D eigenvalue weighted by molar-refractivity contribution is 0.0792. The molecule has 2 fully saturated rings. The molecule has 2 aliphatic rings. The summed E-state index contributed by atoms with van der Waals surface area (Å²) < 4.78 is 11.4. The third-order valence-electron chi connectivity index (χ3n) is 4.54. The zero-order valence-electron chi connectivity index (χ0n) is 12.7. The molecule has 3 nitrogen and oxygen atoms in total. The van der Waals surface area contributed by atoms with Gasteiger partial charge in [0, 0.05) is 24.3 Å². The fraction of sp³-hybridized carbons (Fsp3) is 0.647. The van der Waals surface area contributed by atoms with Crippen LogP contribution < -0.4 is 10.1 Å². The Labute approximate surface area is 121 Å². The van der Waals surface area contributed by atoms with E-state index in [-0.39, 0.29) is 6.04 Å². The first-order chi connectivity index (χ1) is 9.69. The van der Waals surface area contributed by atoms with Crippen LogP contribution in [0.2, 0.25) is 0 Å². The maximum atomic E-state index is 5.91. The van der Waals surface area contributed by atoms with Crippen LogP contribution in [0.25, 0.3) is 0 Å². The number of hydrogen-bond donors (Lipinski definition) is 1. The Hall–Kier alpha value is -1.06. The number of methoxy groups -OCH3 is 1. The summed E-state index contributed by atoms with van der Waals surface area (Å²) in [5.41, 5.74) is 2.52. The molecule has 20 heavy (non-hydrogen) atoms. The van der Waals surface area contributed by atoms with E-state index in [1.165, 1.54) is 24.0 Å². The van der Waals surface area contributed by atoms with Gasteiger partial charge in [-0.3, -0.25) is 0 Å². The summed E-state index contributed by atoms with van der Waals surface area (Å²) in [5, 5.41) is 3.76. The van der Waals surface area contributed by atoms with Crippen molar-refractivity contribution in [2.24, 2.45) is 5.92 Å². The highest BCUT2D eigenvalue weighted by Gasteiger charge is 2.41. The van der Waals surface area contributed by atoms with Crippen molar-refractivity contribution >= 4 is 0 Å². The Balaban J connectivity index is 1.72. The lowest BCUT2D eigenvalue weighted by atomic mass is 10.0. The van der Waals surface area contributed by atoms with Gasteiger partial charge in [0.1, 0.15) is 5.75 Å². The highest BCUT2D eigenvalue weighted by molar-refractivity contribution is 5.39. The van der Waals surface area contributed by atoms with Crippen molar-refractivity contribution in [2.75, 3.05) is 13.7 Å². The molecule has 1 aliphatic carbocycles. The van der Waals surface area contributed by atoms with Crippen LogP contribution in [0, 0.1) is 12.8 Å². The highest BCUT2D eigenvalue weighted by atomic mass is 16.5.